The second kappa shape index (κ2) is 10.7. The number of fused-ring (bicyclic) bond motifs is 1. The fourth-order valence-electron chi connectivity index (χ4n) is 6.70. The van der Waals surface area contributed by atoms with Gasteiger partial charge in [0.1, 0.15) is 11.8 Å². The summed E-state index contributed by atoms with van der Waals surface area (Å²) in [6.07, 6.45) is 1.52. The van der Waals surface area contributed by atoms with Crippen LogP contribution < -0.4 is 15.4 Å². The molecular weight excluding hydrogens is 502 g/mol. The summed E-state index contributed by atoms with van der Waals surface area (Å²) in [4.78, 5) is 43.7. The summed E-state index contributed by atoms with van der Waals surface area (Å²) < 4.78 is 4.78. The Morgan fingerprint density at radius 1 is 1.21 bits per heavy atom. The van der Waals surface area contributed by atoms with E-state index < -0.39 is 34.2 Å². The summed E-state index contributed by atoms with van der Waals surface area (Å²) in [5.74, 6) is -0.979. The number of nitrogens with zero attached hydrogens (tertiary/aromatic N) is 1. The van der Waals surface area contributed by atoms with Gasteiger partial charge in [-0.3, -0.25) is 14.4 Å². The van der Waals surface area contributed by atoms with E-state index in [0.717, 1.165) is 18.6 Å². The molecule has 8 nitrogen and oxygen atoms in total. The maximum atomic E-state index is 14.3. The number of carbonyl (C=O) groups is 3. The van der Waals surface area contributed by atoms with Crippen LogP contribution in [0.5, 0.6) is 5.75 Å². The van der Waals surface area contributed by atoms with Gasteiger partial charge in [0.15, 0.2) is 0 Å². The van der Waals surface area contributed by atoms with Crippen LogP contribution in [0.25, 0.3) is 0 Å². The standard InChI is InChI=1S/C29H43N3O5S/c1-8-16(3)20(15-33)32-24(26(35)31-28(5,6)7)29-17(4)14-21(38-29)22(23(29)27(32)36)25(34)30-18-10-12-19(13-11-18)37-9-2/h10-13,16-17,20-24,33H,8-9,14-15H2,1-7H3,(H,30,34)(H,31,35)/t16-,17?,20-,21-,22+,23-,24?,29?/m0/s1. The average molecular weight is 546 g/mol. The van der Waals surface area contributed by atoms with Crippen molar-refractivity contribution in [2.24, 2.45) is 23.7 Å². The molecule has 0 saturated carbocycles. The van der Waals surface area contributed by atoms with Gasteiger partial charge in [0.2, 0.25) is 17.7 Å². The van der Waals surface area contributed by atoms with E-state index in [1.165, 1.54) is 0 Å². The second-order valence-corrected chi connectivity index (χ2v) is 13.7. The molecule has 2 bridgehead atoms. The summed E-state index contributed by atoms with van der Waals surface area (Å²) in [5, 5.41) is 16.5. The molecule has 3 unspecified atom stereocenters. The molecule has 1 aromatic rings. The molecule has 38 heavy (non-hydrogen) atoms. The van der Waals surface area contributed by atoms with E-state index in [-0.39, 0.29) is 41.4 Å². The van der Waals surface area contributed by atoms with Crippen molar-refractivity contribution in [2.75, 3.05) is 18.5 Å². The van der Waals surface area contributed by atoms with Gasteiger partial charge < -0.3 is 25.4 Å². The molecule has 9 heteroatoms. The van der Waals surface area contributed by atoms with Crippen LogP contribution in [0.15, 0.2) is 24.3 Å². The number of carbonyl (C=O) groups excluding carboxylic acids is 3. The first-order valence-corrected chi connectivity index (χ1v) is 14.7. The van der Waals surface area contributed by atoms with Crippen LogP contribution >= 0.6 is 11.8 Å². The number of ether oxygens (including phenoxy) is 1. The molecule has 0 aromatic heterocycles. The van der Waals surface area contributed by atoms with Crippen LogP contribution in [0.1, 0.15) is 61.3 Å². The lowest BCUT2D eigenvalue weighted by molar-refractivity contribution is -0.143. The Labute approximate surface area is 230 Å². The van der Waals surface area contributed by atoms with Crippen LogP contribution in [0.4, 0.5) is 5.69 Å². The van der Waals surface area contributed by atoms with E-state index in [9.17, 15) is 19.5 Å². The van der Waals surface area contributed by atoms with Crippen LogP contribution in [0.2, 0.25) is 0 Å². The number of thioether (sulfide) groups is 1. The Bertz CT molecular complexity index is 1060. The number of hydrogen-bond donors (Lipinski definition) is 3. The Balaban J connectivity index is 1.72. The van der Waals surface area contributed by atoms with Gasteiger partial charge in [-0.25, -0.2) is 0 Å². The fraction of sp³-hybridized carbons (Fsp3) is 0.690. The van der Waals surface area contributed by atoms with Crippen LogP contribution in [0, 0.1) is 23.7 Å². The topological polar surface area (TPSA) is 108 Å². The van der Waals surface area contributed by atoms with Crippen LogP contribution in [-0.4, -0.2) is 68.6 Å². The summed E-state index contributed by atoms with van der Waals surface area (Å²) in [6, 6.07) is 5.98. The highest BCUT2D eigenvalue weighted by Gasteiger charge is 2.76. The number of likely N-dealkylation sites (tertiary alicyclic amines) is 1. The van der Waals surface area contributed by atoms with Crippen molar-refractivity contribution in [1.82, 2.24) is 10.2 Å². The number of aliphatic hydroxyl groups excluding tert-OH is 1. The van der Waals surface area contributed by atoms with Gasteiger partial charge in [-0.2, -0.15) is 0 Å². The normalized spacial score (nSPS) is 31.6. The predicted octanol–water partition coefficient (Wildman–Crippen LogP) is 3.68. The highest BCUT2D eigenvalue weighted by Crippen LogP contribution is 2.69. The van der Waals surface area contributed by atoms with Crippen LogP contribution in [-0.2, 0) is 14.4 Å². The zero-order chi connectivity index (χ0) is 28.0. The second-order valence-electron chi connectivity index (χ2n) is 12.1. The van der Waals surface area contributed by atoms with Gasteiger partial charge >= 0.3 is 0 Å². The highest BCUT2D eigenvalue weighted by atomic mass is 32.2. The number of rotatable bonds is 9. The minimum Gasteiger partial charge on any atom is -0.494 e. The van der Waals surface area contributed by atoms with Crippen molar-refractivity contribution in [1.29, 1.82) is 0 Å². The van der Waals surface area contributed by atoms with Crippen LogP contribution in [0.3, 0.4) is 0 Å². The van der Waals surface area contributed by atoms with E-state index in [2.05, 4.69) is 17.6 Å². The summed E-state index contributed by atoms with van der Waals surface area (Å²) >= 11 is 1.65. The van der Waals surface area contributed by atoms with Crippen molar-refractivity contribution in [2.45, 2.75) is 88.9 Å². The number of amides is 3. The monoisotopic (exact) mass is 545 g/mol. The first-order chi connectivity index (χ1) is 17.9. The van der Waals surface area contributed by atoms with Gasteiger partial charge in [-0.15, -0.1) is 11.8 Å². The number of hydrogen-bond acceptors (Lipinski definition) is 6. The Morgan fingerprint density at radius 2 is 1.87 bits per heavy atom. The number of nitrogens with one attached hydrogen (secondary N) is 2. The van der Waals surface area contributed by atoms with Gasteiger partial charge in [-0.05, 0) is 70.2 Å². The van der Waals surface area contributed by atoms with Gasteiger partial charge in [-0.1, -0.05) is 27.2 Å². The number of benzene rings is 1. The third-order valence-electron chi connectivity index (χ3n) is 8.51. The van der Waals surface area contributed by atoms with Crippen molar-refractivity contribution in [3.8, 4) is 5.75 Å². The van der Waals surface area contributed by atoms with E-state index in [4.69, 9.17) is 4.74 Å². The largest absolute Gasteiger partial charge is 0.494 e. The Hall–Kier alpha value is -2.26. The molecular formula is C29H43N3O5S. The molecule has 3 saturated heterocycles. The van der Waals surface area contributed by atoms with E-state index >= 15 is 0 Å². The van der Waals surface area contributed by atoms with Gasteiger partial charge in [0.25, 0.3) is 0 Å². The molecule has 3 amide bonds. The maximum Gasteiger partial charge on any atom is 0.244 e. The molecule has 3 fully saturated rings. The molecule has 1 aromatic carbocycles. The van der Waals surface area contributed by atoms with E-state index in [1.54, 1.807) is 28.8 Å². The molecule has 1 spiro atoms. The Kier molecular flexibility index (Phi) is 8.11. The average Bonchev–Trinajstić information content (AvgIpc) is 3.44. The molecule has 3 aliphatic heterocycles. The first kappa shape index (κ1) is 28.7. The lowest BCUT2D eigenvalue weighted by Gasteiger charge is -2.42. The molecule has 210 valence electrons. The molecule has 0 radical (unpaired) electrons. The van der Waals surface area contributed by atoms with Crippen molar-refractivity contribution >= 4 is 35.2 Å². The van der Waals surface area contributed by atoms with E-state index in [0.29, 0.717) is 12.3 Å². The molecule has 8 atom stereocenters. The van der Waals surface area contributed by atoms with Gasteiger partial charge in [0.05, 0.1) is 35.8 Å². The Morgan fingerprint density at radius 3 is 2.42 bits per heavy atom. The van der Waals surface area contributed by atoms with Crippen molar-refractivity contribution in [3.05, 3.63) is 24.3 Å². The molecule has 3 N–H and O–H groups in total. The summed E-state index contributed by atoms with van der Waals surface area (Å²) in [6.45, 7) is 14.1. The number of aliphatic hydroxyl groups is 1. The summed E-state index contributed by atoms with van der Waals surface area (Å²) in [5.41, 5.74) is 0.158. The smallest absolute Gasteiger partial charge is 0.244 e. The zero-order valence-corrected chi connectivity index (χ0v) is 24.4. The minimum atomic E-state index is -0.751. The van der Waals surface area contributed by atoms with Gasteiger partial charge in [0, 0.05) is 16.5 Å². The van der Waals surface area contributed by atoms with Crippen molar-refractivity contribution in [3.63, 3.8) is 0 Å². The SMILES string of the molecule is CCOc1ccc(NC(=O)[C@@H]2[C@@H]3CC(C)C4(S3)C(C(=O)NC(C)(C)C)N([C@@H](CO)[C@@H](C)CC)C(=O)[C@H]24)cc1. The zero-order valence-electron chi connectivity index (χ0n) is 23.6. The first-order valence-electron chi connectivity index (χ1n) is 13.9. The van der Waals surface area contributed by atoms with Crippen molar-refractivity contribution < 1.29 is 24.2 Å². The third kappa shape index (κ3) is 4.81. The fourth-order valence-corrected chi connectivity index (χ4v) is 9.10. The molecule has 4 rings (SSSR count). The molecule has 3 heterocycles. The quantitative estimate of drug-likeness (QED) is 0.437. The predicted molar refractivity (Wildman–Crippen MR) is 150 cm³/mol. The number of anilines is 1. The molecule has 3 aliphatic rings. The highest BCUT2D eigenvalue weighted by molar-refractivity contribution is 8.02. The van der Waals surface area contributed by atoms with E-state index in [1.807, 2.05) is 53.7 Å². The lowest BCUT2D eigenvalue weighted by atomic mass is 9.65. The molecule has 0 aliphatic carbocycles. The minimum absolute atomic E-state index is 0.00208. The lowest BCUT2D eigenvalue weighted by Crippen LogP contribution is -2.61. The summed E-state index contributed by atoms with van der Waals surface area (Å²) in [7, 11) is 0. The maximum absolute atomic E-state index is 14.3. The third-order valence-corrected chi connectivity index (χ3v) is 10.6.